The average molecular weight is 268 g/mol. The number of fused-ring (bicyclic) bond motifs is 5. The van der Waals surface area contributed by atoms with E-state index in [0.29, 0.717) is 5.92 Å². The summed E-state index contributed by atoms with van der Waals surface area (Å²) in [5, 5.41) is 2.83. The maximum absolute atomic E-state index is 5.86. The summed E-state index contributed by atoms with van der Waals surface area (Å²) in [5.74, 6) is 2.64. The summed E-state index contributed by atoms with van der Waals surface area (Å²) in [4.78, 5) is 0. The van der Waals surface area contributed by atoms with Crippen LogP contribution in [0.5, 0.6) is 11.5 Å². The Kier molecular flexibility index (Phi) is 1.56. The summed E-state index contributed by atoms with van der Waals surface area (Å²) in [6.07, 6.45) is 16.6. The summed E-state index contributed by atoms with van der Waals surface area (Å²) >= 11 is 0. The van der Waals surface area contributed by atoms with E-state index in [9.17, 15) is 0 Å². The lowest BCUT2D eigenvalue weighted by atomic mass is 9.76. The van der Waals surface area contributed by atoms with Gasteiger partial charge in [0.15, 0.2) is 11.5 Å². The normalized spacial score (nSPS) is 21.7. The van der Waals surface area contributed by atoms with Gasteiger partial charge in [-0.25, -0.2) is 0 Å². The molecule has 6 rings (SSSR count). The van der Waals surface area contributed by atoms with Crippen LogP contribution in [0, 0.1) is 0 Å². The van der Waals surface area contributed by atoms with Gasteiger partial charge >= 0.3 is 0 Å². The molecule has 0 N–H and O–H groups in total. The van der Waals surface area contributed by atoms with Gasteiger partial charge in [-0.2, -0.15) is 0 Å². The maximum atomic E-state index is 5.86. The van der Waals surface area contributed by atoms with Gasteiger partial charge in [-0.15, -0.1) is 0 Å². The van der Waals surface area contributed by atoms with Gasteiger partial charge in [0, 0.05) is 17.0 Å². The lowest BCUT2D eigenvalue weighted by Crippen LogP contribution is -2.07. The Morgan fingerprint density at radius 1 is 1.00 bits per heavy atom. The Bertz CT molecular complexity index is 983. The van der Waals surface area contributed by atoms with Crippen molar-refractivity contribution in [3.8, 4) is 11.5 Å². The Balaban J connectivity index is 1.86. The highest BCUT2D eigenvalue weighted by atomic mass is 16.6. The van der Waals surface area contributed by atoms with Crippen molar-refractivity contribution in [3.63, 3.8) is 0 Å². The van der Waals surface area contributed by atoms with E-state index in [1.807, 2.05) is 0 Å². The molecule has 0 amide bonds. The van der Waals surface area contributed by atoms with Crippen LogP contribution >= 0.6 is 0 Å². The number of allylic oxidation sites excluding steroid dienone is 6. The van der Waals surface area contributed by atoms with Crippen molar-refractivity contribution >= 4 is 22.9 Å². The zero-order valence-corrected chi connectivity index (χ0v) is 11.4. The van der Waals surface area contributed by atoms with Gasteiger partial charge in [0.1, 0.15) is 0 Å². The number of hydrogen-bond donors (Lipinski definition) is 0. The molecule has 2 aromatic carbocycles. The van der Waals surface area contributed by atoms with E-state index in [2.05, 4.69) is 54.7 Å². The van der Waals surface area contributed by atoms with Gasteiger partial charge in [0.25, 0.3) is 0 Å². The van der Waals surface area contributed by atoms with Gasteiger partial charge in [0.2, 0.25) is 0 Å². The highest BCUT2D eigenvalue weighted by molar-refractivity contribution is 6.09. The zero-order valence-electron chi connectivity index (χ0n) is 11.4. The third-order valence-corrected chi connectivity index (χ3v) is 5.06. The molecule has 1 unspecified atom stereocenters. The minimum Gasteiger partial charge on any atom is -0.448 e. The third-order valence-electron chi connectivity index (χ3n) is 5.06. The zero-order chi connectivity index (χ0) is 13.6. The van der Waals surface area contributed by atoms with Crippen molar-refractivity contribution in [1.29, 1.82) is 0 Å². The van der Waals surface area contributed by atoms with Gasteiger partial charge in [0.05, 0.1) is 0 Å². The number of hydrogen-bond acceptors (Lipinski definition) is 1. The molecule has 1 heteroatoms. The van der Waals surface area contributed by atoms with Crippen molar-refractivity contribution < 1.29 is 4.74 Å². The molecule has 1 atom stereocenters. The van der Waals surface area contributed by atoms with E-state index >= 15 is 0 Å². The van der Waals surface area contributed by atoms with Crippen molar-refractivity contribution in [3.05, 3.63) is 70.3 Å². The second-order valence-electron chi connectivity index (χ2n) is 6.12. The third kappa shape index (κ3) is 1.10. The van der Waals surface area contributed by atoms with Crippen LogP contribution in [0.1, 0.15) is 28.2 Å². The fourth-order valence-electron chi connectivity index (χ4n) is 4.11. The molecule has 98 valence electrons. The van der Waals surface area contributed by atoms with Crippen LogP contribution in [-0.4, -0.2) is 0 Å². The predicted octanol–water partition coefficient (Wildman–Crippen LogP) is 5.12. The quantitative estimate of drug-likeness (QED) is 0.515. The fourth-order valence-corrected chi connectivity index (χ4v) is 4.11. The predicted molar refractivity (Wildman–Crippen MR) is 85.8 cm³/mol. The number of benzene rings is 2. The Hall–Kier alpha value is -2.54. The molecule has 0 spiro atoms. The van der Waals surface area contributed by atoms with Crippen molar-refractivity contribution in [2.75, 3.05) is 0 Å². The highest BCUT2D eigenvalue weighted by Crippen LogP contribution is 2.59. The van der Waals surface area contributed by atoms with Gasteiger partial charge in [-0.05, 0) is 40.0 Å². The lowest BCUT2D eigenvalue weighted by Gasteiger charge is -2.26. The molecule has 2 aromatic rings. The first-order valence-corrected chi connectivity index (χ1v) is 7.48. The molecule has 0 fully saturated rings. The van der Waals surface area contributed by atoms with Crippen LogP contribution < -0.4 is 4.74 Å². The molecule has 4 aliphatic rings. The van der Waals surface area contributed by atoms with Crippen LogP contribution in [0.2, 0.25) is 0 Å². The first-order chi connectivity index (χ1) is 10.4. The van der Waals surface area contributed by atoms with E-state index in [0.717, 1.165) is 17.9 Å². The summed E-state index contributed by atoms with van der Waals surface area (Å²) in [7, 11) is 0. The second-order valence-corrected chi connectivity index (χ2v) is 6.12. The molecular formula is C20H12O. The van der Waals surface area contributed by atoms with Crippen LogP contribution in [0.4, 0.5) is 0 Å². The molecule has 1 heterocycles. The van der Waals surface area contributed by atoms with Gasteiger partial charge in [-0.1, -0.05) is 48.6 Å². The minimum absolute atomic E-state index is 0.395. The average Bonchev–Trinajstić information content (AvgIpc) is 3.34. The highest BCUT2D eigenvalue weighted by Gasteiger charge is 2.36. The largest absolute Gasteiger partial charge is 0.448 e. The lowest BCUT2D eigenvalue weighted by molar-refractivity contribution is 0.645. The molecular weight excluding hydrogens is 256 g/mol. The van der Waals surface area contributed by atoms with E-state index in [-0.39, 0.29) is 0 Å². The smallest absolute Gasteiger partial charge is 0.178 e. The molecule has 0 aromatic heterocycles. The fraction of sp³-hybridized carbons (Fsp3) is 0.100. The van der Waals surface area contributed by atoms with Crippen molar-refractivity contribution in [2.45, 2.75) is 12.3 Å². The van der Waals surface area contributed by atoms with Gasteiger partial charge in [-0.3, -0.25) is 0 Å². The van der Waals surface area contributed by atoms with E-state index < -0.39 is 0 Å². The summed E-state index contributed by atoms with van der Waals surface area (Å²) in [5.41, 5.74) is 6.81. The summed E-state index contributed by atoms with van der Waals surface area (Å²) in [6.45, 7) is 0. The first-order valence-electron chi connectivity index (χ1n) is 7.48. The Morgan fingerprint density at radius 3 is 3.00 bits per heavy atom. The first kappa shape index (κ1) is 10.2. The molecule has 0 saturated heterocycles. The summed E-state index contributed by atoms with van der Waals surface area (Å²) < 4.78 is 5.86. The molecule has 0 saturated carbocycles. The molecule has 21 heavy (non-hydrogen) atoms. The standard InChI is InChI=1S/C20H12O/c1-2-6-13-12(4-1)10-16-18-14(13)9-8-11-5-3-7-15(17(11)18)19-20(16)21-19/h1-6,8-10,13H,7H2. The van der Waals surface area contributed by atoms with Crippen molar-refractivity contribution in [1.82, 2.24) is 0 Å². The SMILES string of the molecule is C1=CC2=Cc3c4c(c5c6c(ccc(c36)C2C=C1)C=CC5)O4. The maximum Gasteiger partial charge on any atom is 0.178 e. The van der Waals surface area contributed by atoms with Crippen LogP contribution in [0.15, 0.2) is 48.1 Å². The molecule has 1 nitrogen and oxygen atoms in total. The van der Waals surface area contributed by atoms with E-state index in [4.69, 9.17) is 4.74 Å². The van der Waals surface area contributed by atoms with Crippen LogP contribution in [0.25, 0.3) is 22.9 Å². The molecule has 3 aliphatic carbocycles. The molecule has 0 bridgehead atoms. The molecule has 0 radical (unpaired) electrons. The monoisotopic (exact) mass is 268 g/mol. The second kappa shape index (κ2) is 3.20. The van der Waals surface area contributed by atoms with Crippen LogP contribution in [0.3, 0.4) is 0 Å². The number of rotatable bonds is 0. The minimum atomic E-state index is 0.395. The Morgan fingerprint density at radius 2 is 2.00 bits per heavy atom. The molecule has 1 aliphatic heterocycles. The number of ether oxygens (including phenoxy) is 1. The topological polar surface area (TPSA) is 12.5 Å². The van der Waals surface area contributed by atoms with E-state index in [1.54, 1.807) is 0 Å². The Labute approximate surface area is 122 Å². The van der Waals surface area contributed by atoms with E-state index in [1.165, 1.54) is 38.6 Å². The van der Waals surface area contributed by atoms with Crippen LogP contribution in [-0.2, 0) is 6.42 Å². The van der Waals surface area contributed by atoms with Crippen molar-refractivity contribution in [2.24, 2.45) is 0 Å². The van der Waals surface area contributed by atoms with Gasteiger partial charge < -0.3 is 4.74 Å². The summed E-state index contributed by atoms with van der Waals surface area (Å²) in [6, 6.07) is 4.57.